The Bertz CT molecular complexity index is 1430. The van der Waals surface area contributed by atoms with Gasteiger partial charge in [0.05, 0.1) is 22.1 Å². The van der Waals surface area contributed by atoms with Crippen LogP contribution >= 0.6 is 27.7 Å². The van der Waals surface area contributed by atoms with Gasteiger partial charge >= 0.3 is 5.97 Å². The Hall–Kier alpha value is -3.81. The lowest BCUT2D eigenvalue weighted by atomic mass is 10.1. The monoisotopic (exact) mass is 591 g/mol. The number of carbonyl (C=O) groups is 4. The Morgan fingerprint density at radius 1 is 1.08 bits per heavy atom. The second-order valence-corrected chi connectivity index (χ2v) is 10.6. The summed E-state index contributed by atoms with van der Waals surface area (Å²) < 4.78 is 5.96. The van der Waals surface area contributed by atoms with Crippen molar-refractivity contribution in [3.63, 3.8) is 0 Å². The molecule has 192 valence electrons. The third-order valence-electron chi connectivity index (χ3n) is 5.77. The van der Waals surface area contributed by atoms with Crippen LogP contribution in [-0.4, -0.2) is 40.4 Å². The number of pyridine rings is 1. The normalized spacial score (nSPS) is 14.9. The maximum absolute atomic E-state index is 13.1. The number of nitriles is 1. The molecule has 2 amide bonds. The number of imide groups is 1. The minimum absolute atomic E-state index is 0.0317. The van der Waals surface area contributed by atoms with Crippen LogP contribution in [0.25, 0.3) is 0 Å². The number of nitrogens with zero attached hydrogens (tertiary/aromatic N) is 3. The fourth-order valence-electron chi connectivity index (χ4n) is 3.83. The van der Waals surface area contributed by atoms with E-state index in [9.17, 15) is 24.4 Å². The SMILES string of the molecule is CCCc1ccc(C#N)c(SC2CC(=O)N(c3ccc(C(=O)OCC(=O)c4ccc(Br)cc4)cc3)C2=O)n1. The molecule has 0 N–H and O–H groups in total. The zero-order valence-corrected chi connectivity index (χ0v) is 22.8. The summed E-state index contributed by atoms with van der Waals surface area (Å²) in [7, 11) is 0. The summed E-state index contributed by atoms with van der Waals surface area (Å²) in [6.07, 6.45) is 1.61. The predicted octanol–water partition coefficient (Wildman–Crippen LogP) is 5.13. The highest BCUT2D eigenvalue weighted by Gasteiger charge is 2.40. The highest BCUT2D eigenvalue weighted by atomic mass is 79.9. The number of aromatic nitrogens is 1. The van der Waals surface area contributed by atoms with Gasteiger partial charge < -0.3 is 4.74 Å². The van der Waals surface area contributed by atoms with Crippen LogP contribution in [0.3, 0.4) is 0 Å². The maximum Gasteiger partial charge on any atom is 0.338 e. The lowest BCUT2D eigenvalue weighted by molar-refractivity contribution is -0.121. The van der Waals surface area contributed by atoms with Crippen LogP contribution in [0, 0.1) is 11.3 Å². The van der Waals surface area contributed by atoms with Crippen molar-refractivity contribution in [2.45, 2.75) is 36.5 Å². The van der Waals surface area contributed by atoms with Crippen molar-refractivity contribution in [1.82, 2.24) is 4.98 Å². The summed E-state index contributed by atoms with van der Waals surface area (Å²) in [4.78, 5) is 56.1. The van der Waals surface area contributed by atoms with Crippen molar-refractivity contribution in [3.8, 4) is 6.07 Å². The molecule has 2 aromatic carbocycles. The number of carbonyl (C=O) groups excluding carboxylic acids is 4. The molecular weight excluding hydrogens is 570 g/mol. The molecule has 0 radical (unpaired) electrons. The Kier molecular flexibility index (Phi) is 8.71. The number of benzene rings is 2. The Labute approximate surface area is 232 Å². The Morgan fingerprint density at radius 3 is 2.42 bits per heavy atom. The van der Waals surface area contributed by atoms with Crippen LogP contribution in [0.15, 0.2) is 70.2 Å². The molecule has 1 aromatic heterocycles. The summed E-state index contributed by atoms with van der Waals surface area (Å²) in [6, 6.07) is 18.1. The van der Waals surface area contributed by atoms with Gasteiger partial charge in [0.25, 0.3) is 0 Å². The van der Waals surface area contributed by atoms with E-state index in [1.807, 2.05) is 6.92 Å². The first kappa shape index (κ1) is 27.2. The maximum atomic E-state index is 13.1. The number of esters is 1. The number of aryl methyl sites for hydroxylation is 1. The van der Waals surface area contributed by atoms with Crippen LogP contribution < -0.4 is 4.90 Å². The number of amides is 2. The molecule has 0 spiro atoms. The van der Waals surface area contributed by atoms with Gasteiger partial charge in [-0.05, 0) is 55.0 Å². The summed E-state index contributed by atoms with van der Waals surface area (Å²) in [5.41, 5.74) is 2.10. The number of ketones is 1. The van der Waals surface area contributed by atoms with Gasteiger partial charge in [-0.2, -0.15) is 5.26 Å². The minimum Gasteiger partial charge on any atom is -0.454 e. The number of ether oxygens (including phenoxy) is 1. The van der Waals surface area contributed by atoms with Crippen molar-refractivity contribution < 1.29 is 23.9 Å². The molecular formula is C28H22BrN3O5S. The topological polar surface area (TPSA) is 117 Å². The van der Waals surface area contributed by atoms with Crippen LogP contribution in [0.2, 0.25) is 0 Å². The van der Waals surface area contributed by atoms with Gasteiger partial charge in [-0.25, -0.2) is 14.7 Å². The van der Waals surface area contributed by atoms with Crippen LogP contribution in [0.4, 0.5) is 5.69 Å². The molecule has 38 heavy (non-hydrogen) atoms. The van der Waals surface area contributed by atoms with E-state index in [0.29, 0.717) is 21.8 Å². The molecule has 4 rings (SSSR count). The average Bonchev–Trinajstić information content (AvgIpc) is 3.20. The van der Waals surface area contributed by atoms with E-state index in [1.165, 1.54) is 24.3 Å². The fraction of sp³-hybridized carbons (Fsp3) is 0.214. The largest absolute Gasteiger partial charge is 0.454 e. The summed E-state index contributed by atoms with van der Waals surface area (Å²) in [6.45, 7) is 1.61. The van der Waals surface area contributed by atoms with Crippen molar-refractivity contribution in [2.75, 3.05) is 11.5 Å². The summed E-state index contributed by atoms with van der Waals surface area (Å²) >= 11 is 4.41. The predicted molar refractivity (Wildman–Crippen MR) is 145 cm³/mol. The Morgan fingerprint density at radius 2 is 1.76 bits per heavy atom. The molecule has 1 saturated heterocycles. The van der Waals surface area contributed by atoms with E-state index in [-0.39, 0.29) is 23.7 Å². The molecule has 0 aliphatic carbocycles. The molecule has 1 aliphatic heterocycles. The van der Waals surface area contributed by atoms with Gasteiger partial charge in [0.2, 0.25) is 11.8 Å². The summed E-state index contributed by atoms with van der Waals surface area (Å²) in [5, 5.41) is 9.16. The van der Waals surface area contributed by atoms with E-state index >= 15 is 0 Å². The van der Waals surface area contributed by atoms with E-state index in [1.54, 1.807) is 36.4 Å². The second kappa shape index (κ2) is 12.2. The number of Topliss-reactive ketones (excluding diaryl/α,β-unsaturated/α-hetero) is 1. The quantitative estimate of drug-likeness (QED) is 0.191. The van der Waals surface area contributed by atoms with Gasteiger partial charge in [0, 0.05) is 22.2 Å². The number of hydrogen-bond donors (Lipinski definition) is 0. The lowest BCUT2D eigenvalue weighted by Gasteiger charge is -2.15. The number of hydrogen-bond acceptors (Lipinski definition) is 8. The number of rotatable bonds is 9. The van der Waals surface area contributed by atoms with Gasteiger partial charge in [-0.15, -0.1) is 0 Å². The number of halogens is 1. The van der Waals surface area contributed by atoms with Gasteiger partial charge in [0.1, 0.15) is 11.1 Å². The number of thioether (sulfide) groups is 1. The standard InChI is InChI=1S/C28H22BrN3O5S/c1-2-3-21-11-6-19(15-30)26(31-21)38-24-14-25(34)32(27(24)35)22-12-7-18(8-13-22)28(36)37-16-23(33)17-4-9-20(29)10-5-17/h4-13,24H,2-3,14,16H2,1H3. The van der Waals surface area contributed by atoms with E-state index in [0.717, 1.165) is 39.7 Å². The highest BCUT2D eigenvalue weighted by Crippen LogP contribution is 2.35. The van der Waals surface area contributed by atoms with Crippen molar-refractivity contribution in [2.24, 2.45) is 0 Å². The van der Waals surface area contributed by atoms with E-state index < -0.39 is 23.7 Å². The zero-order valence-electron chi connectivity index (χ0n) is 20.3. The zero-order chi connectivity index (χ0) is 27.2. The van der Waals surface area contributed by atoms with Crippen LogP contribution in [-0.2, 0) is 20.7 Å². The molecule has 0 saturated carbocycles. The van der Waals surface area contributed by atoms with Gasteiger partial charge in [-0.3, -0.25) is 14.4 Å². The summed E-state index contributed by atoms with van der Waals surface area (Å²) in [5.74, 6) is -1.83. The second-order valence-electron chi connectivity index (χ2n) is 8.45. The Balaban J connectivity index is 1.41. The van der Waals surface area contributed by atoms with Crippen LogP contribution in [0.5, 0.6) is 0 Å². The molecule has 1 atom stereocenters. The third-order valence-corrected chi connectivity index (χ3v) is 7.48. The van der Waals surface area contributed by atoms with Crippen molar-refractivity contribution >= 4 is 56.9 Å². The molecule has 1 fully saturated rings. The first-order valence-corrected chi connectivity index (χ1v) is 13.5. The molecule has 10 heteroatoms. The lowest BCUT2D eigenvalue weighted by Crippen LogP contribution is -2.31. The average molecular weight is 592 g/mol. The fourth-order valence-corrected chi connectivity index (χ4v) is 5.21. The third kappa shape index (κ3) is 6.18. The molecule has 8 nitrogen and oxygen atoms in total. The first-order valence-electron chi connectivity index (χ1n) is 11.8. The smallest absolute Gasteiger partial charge is 0.338 e. The van der Waals surface area contributed by atoms with E-state index in [4.69, 9.17) is 4.74 Å². The molecule has 1 unspecified atom stereocenters. The molecule has 2 heterocycles. The van der Waals surface area contributed by atoms with Gasteiger partial charge in [0.15, 0.2) is 12.4 Å². The minimum atomic E-state index is -0.715. The van der Waals surface area contributed by atoms with Crippen molar-refractivity contribution in [3.05, 3.63) is 87.5 Å². The number of anilines is 1. The molecule has 1 aliphatic rings. The van der Waals surface area contributed by atoms with Crippen molar-refractivity contribution in [1.29, 1.82) is 5.26 Å². The van der Waals surface area contributed by atoms with Gasteiger partial charge in [-0.1, -0.05) is 53.2 Å². The molecule has 0 bridgehead atoms. The molecule has 3 aromatic rings. The van der Waals surface area contributed by atoms with E-state index in [2.05, 4.69) is 27.0 Å². The van der Waals surface area contributed by atoms with Crippen LogP contribution in [0.1, 0.15) is 51.7 Å². The highest BCUT2D eigenvalue weighted by molar-refractivity contribution is 9.10. The first-order chi connectivity index (χ1) is 18.3.